The van der Waals surface area contributed by atoms with E-state index in [-0.39, 0.29) is 0 Å². The smallest absolute Gasteiger partial charge is 0.133 e. The van der Waals surface area contributed by atoms with Crippen LogP contribution in [0.15, 0.2) is 48.5 Å². The predicted octanol–water partition coefficient (Wildman–Crippen LogP) is 4.19. The Morgan fingerprint density at radius 3 is 2.59 bits per heavy atom. The van der Waals surface area contributed by atoms with E-state index in [1.54, 1.807) is 19.1 Å². The third-order valence-electron chi connectivity index (χ3n) is 2.39. The molecular formula is C14H13ClO2. The third kappa shape index (κ3) is 2.99. The summed E-state index contributed by atoms with van der Waals surface area (Å²) in [5, 5.41) is 10.3. The molecule has 0 bridgehead atoms. The van der Waals surface area contributed by atoms with E-state index in [0.717, 1.165) is 5.56 Å². The molecule has 2 nitrogen and oxygen atoms in total. The van der Waals surface area contributed by atoms with Crippen molar-refractivity contribution in [1.82, 2.24) is 0 Å². The molecule has 0 radical (unpaired) electrons. The summed E-state index contributed by atoms with van der Waals surface area (Å²) in [7, 11) is 0. The van der Waals surface area contributed by atoms with Crippen molar-refractivity contribution < 1.29 is 9.84 Å². The van der Waals surface area contributed by atoms with Crippen molar-refractivity contribution in [2.24, 2.45) is 0 Å². The van der Waals surface area contributed by atoms with Gasteiger partial charge in [-0.2, -0.15) is 0 Å². The first-order chi connectivity index (χ1) is 8.16. The maximum atomic E-state index is 9.63. The molecule has 0 aliphatic rings. The Balaban J connectivity index is 2.30. The Kier molecular flexibility index (Phi) is 3.67. The molecule has 3 heteroatoms. The van der Waals surface area contributed by atoms with E-state index in [9.17, 15) is 5.11 Å². The molecule has 2 rings (SSSR count). The molecule has 0 spiro atoms. The van der Waals surface area contributed by atoms with E-state index in [1.165, 1.54) is 0 Å². The van der Waals surface area contributed by atoms with Gasteiger partial charge in [0.05, 0.1) is 6.10 Å². The van der Waals surface area contributed by atoms with Gasteiger partial charge in [0.15, 0.2) is 0 Å². The van der Waals surface area contributed by atoms with E-state index in [4.69, 9.17) is 16.3 Å². The Hall–Kier alpha value is -1.51. The van der Waals surface area contributed by atoms with Crippen LogP contribution in [0.2, 0.25) is 5.02 Å². The number of benzene rings is 2. The van der Waals surface area contributed by atoms with Crippen molar-refractivity contribution >= 4 is 11.6 Å². The highest BCUT2D eigenvalue weighted by atomic mass is 35.5. The van der Waals surface area contributed by atoms with Crippen LogP contribution in [0, 0.1) is 0 Å². The summed E-state index contributed by atoms with van der Waals surface area (Å²) in [4.78, 5) is 0. The topological polar surface area (TPSA) is 29.5 Å². The minimum Gasteiger partial charge on any atom is -0.457 e. The first kappa shape index (κ1) is 12.0. The van der Waals surface area contributed by atoms with Crippen LogP contribution in [0.25, 0.3) is 0 Å². The number of hydrogen-bond donors (Lipinski definition) is 1. The van der Waals surface area contributed by atoms with E-state index >= 15 is 0 Å². The summed E-state index contributed by atoms with van der Waals surface area (Å²) < 4.78 is 5.71. The van der Waals surface area contributed by atoms with Crippen LogP contribution >= 0.6 is 11.6 Å². The van der Waals surface area contributed by atoms with E-state index in [1.807, 2.05) is 36.4 Å². The van der Waals surface area contributed by atoms with E-state index in [0.29, 0.717) is 16.5 Å². The van der Waals surface area contributed by atoms with Crippen molar-refractivity contribution in [1.29, 1.82) is 0 Å². The number of halogens is 1. The van der Waals surface area contributed by atoms with Gasteiger partial charge >= 0.3 is 0 Å². The van der Waals surface area contributed by atoms with Gasteiger partial charge in [0.2, 0.25) is 0 Å². The molecule has 1 N–H and O–H groups in total. The number of rotatable bonds is 3. The van der Waals surface area contributed by atoms with Crippen LogP contribution in [-0.4, -0.2) is 5.11 Å². The maximum Gasteiger partial charge on any atom is 0.133 e. The molecule has 0 aliphatic heterocycles. The number of para-hydroxylation sites is 1. The summed E-state index contributed by atoms with van der Waals surface area (Å²) in [6.45, 7) is 1.71. The average molecular weight is 249 g/mol. The maximum absolute atomic E-state index is 9.63. The summed E-state index contributed by atoms with van der Waals surface area (Å²) in [5.41, 5.74) is 0.757. The highest BCUT2D eigenvalue weighted by molar-refractivity contribution is 6.30. The normalized spacial score (nSPS) is 12.2. The lowest BCUT2D eigenvalue weighted by Gasteiger charge is -2.12. The molecule has 0 aromatic heterocycles. The van der Waals surface area contributed by atoms with Gasteiger partial charge in [0.1, 0.15) is 11.5 Å². The van der Waals surface area contributed by atoms with Gasteiger partial charge in [0.25, 0.3) is 0 Å². The van der Waals surface area contributed by atoms with Gasteiger partial charge in [-0.3, -0.25) is 0 Å². The summed E-state index contributed by atoms with van der Waals surface area (Å²) in [5.74, 6) is 1.30. The van der Waals surface area contributed by atoms with Gasteiger partial charge < -0.3 is 9.84 Å². The Morgan fingerprint density at radius 2 is 1.88 bits per heavy atom. The second kappa shape index (κ2) is 5.21. The molecule has 0 saturated carbocycles. The first-order valence-electron chi connectivity index (χ1n) is 5.37. The van der Waals surface area contributed by atoms with Gasteiger partial charge in [0, 0.05) is 10.6 Å². The largest absolute Gasteiger partial charge is 0.457 e. The number of aliphatic hydroxyl groups is 1. The number of ether oxygens (including phenoxy) is 1. The molecule has 2 aromatic carbocycles. The molecule has 0 amide bonds. The fourth-order valence-electron chi connectivity index (χ4n) is 1.58. The van der Waals surface area contributed by atoms with Gasteiger partial charge in [-0.15, -0.1) is 0 Å². The fourth-order valence-corrected chi connectivity index (χ4v) is 1.76. The molecule has 0 unspecified atom stereocenters. The van der Waals surface area contributed by atoms with Crippen molar-refractivity contribution in [2.45, 2.75) is 13.0 Å². The summed E-state index contributed by atoms with van der Waals surface area (Å²) in [6, 6.07) is 14.6. The second-order valence-corrected chi connectivity index (χ2v) is 4.21. The molecule has 0 heterocycles. The molecule has 1 atom stereocenters. The monoisotopic (exact) mass is 248 g/mol. The quantitative estimate of drug-likeness (QED) is 0.883. The van der Waals surface area contributed by atoms with Crippen LogP contribution in [0.1, 0.15) is 18.6 Å². The van der Waals surface area contributed by atoms with Crippen molar-refractivity contribution in [3.63, 3.8) is 0 Å². The molecule has 0 aliphatic carbocycles. The molecule has 17 heavy (non-hydrogen) atoms. The lowest BCUT2D eigenvalue weighted by Crippen LogP contribution is -1.95. The second-order valence-electron chi connectivity index (χ2n) is 3.77. The lowest BCUT2D eigenvalue weighted by atomic mass is 10.1. The van der Waals surface area contributed by atoms with Gasteiger partial charge in [-0.1, -0.05) is 35.9 Å². The van der Waals surface area contributed by atoms with E-state index < -0.39 is 6.10 Å². The lowest BCUT2D eigenvalue weighted by molar-refractivity contribution is 0.195. The van der Waals surface area contributed by atoms with Crippen molar-refractivity contribution in [3.8, 4) is 11.5 Å². The predicted molar refractivity (Wildman–Crippen MR) is 68.6 cm³/mol. The van der Waals surface area contributed by atoms with Crippen molar-refractivity contribution in [3.05, 3.63) is 59.1 Å². The van der Waals surface area contributed by atoms with Gasteiger partial charge in [-0.05, 0) is 31.2 Å². The zero-order valence-electron chi connectivity index (χ0n) is 9.43. The number of aliphatic hydroxyl groups excluding tert-OH is 1. The average Bonchev–Trinajstić information content (AvgIpc) is 2.29. The Morgan fingerprint density at radius 1 is 1.12 bits per heavy atom. The number of hydrogen-bond acceptors (Lipinski definition) is 2. The molecular weight excluding hydrogens is 236 g/mol. The minimum absolute atomic E-state index is 0.564. The van der Waals surface area contributed by atoms with Crippen LogP contribution in [0.3, 0.4) is 0 Å². The van der Waals surface area contributed by atoms with Crippen LogP contribution in [-0.2, 0) is 0 Å². The Labute approximate surface area is 105 Å². The molecule has 88 valence electrons. The fraction of sp³-hybridized carbons (Fsp3) is 0.143. The molecule has 2 aromatic rings. The first-order valence-corrected chi connectivity index (χ1v) is 5.75. The van der Waals surface area contributed by atoms with Gasteiger partial charge in [-0.25, -0.2) is 0 Å². The van der Waals surface area contributed by atoms with E-state index in [2.05, 4.69) is 0 Å². The zero-order valence-corrected chi connectivity index (χ0v) is 10.2. The third-order valence-corrected chi connectivity index (χ3v) is 2.63. The summed E-state index contributed by atoms with van der Waals surface area (Å²) >= 11 is 5.88. The highest BCUT2D eigenvalue weighted by Crippen LogP contribution is 2.30. The standard InChI is InChI=1S/C14H13ClO2/c1-10(16)13-7-2-3-8-14(13)17-12-6-4-5-11(15)9-12/h2-10,16H,1H3/t10-/m0/s1. The van der Waals surface area contributed by atoms with Crippen LogP contribution < -0.4 is 4.74 Å². The van der Waals surface area contributed by atoms with Crippen molar-refractivity contribution in [2.75, 3.05) is 0 Å². The zero-order chi connectivity index (χ0) is 12.3. The highest BCUT2D eigenvalue weighted by Gasteiger charge is 2.08. The molecule has 0 saturated heterocycles. The van der Waals surface area contributed by atoms with Crippen LogP contribution in [0.4, 0.5) is 0 Å². The Bertz CT molecular complexity index is 509. The minimum atomic E-state index is -0.564. The SMILES string of the molecule is C[C@H](O)c1ccccc1Oc1cccc(Cl)c1. The van der Waals surface area contributed by atoms with Crippen LogP contribution in [0.5, 0.6) is 11.5 Å². The summed E-state index contributed by atoms with van der Waals surface area (Å²) in [6.07, 6.45) is -0.564. The molecule has 0 fully saturated rings.